The normalized spacial score (nSPS) is 11.2. The summed E-state index contributed by atoms with van der Waals surface area (Å²) in [5.41, 5.74) is 0.613. The van der Waals surface area contributed by atoms with Crippen molar-refractivity contribution in [2.24, 2.45) is 0 Å². The Morgan fingerprint density at radius 2 is 1.62 bits per heavy atom. The molecule has 0 aliphatic heterocycles. The van der Waals surface area contributed by atoms with Gasteiger partial charge in [-0.25, -0.2) is 4.79 Å². The van der Waals surface area contributed by atoms with Gasteiger partial charge in [-0.2, -0.15) is 13.2 Å². The first kappa shape index (κ1) is 18.2. The Morgan fingerprint density at radius 3 is 2.21 bits per heavy atom. The SMILES string of the molecule is CSc1ccc(CNC(=O)NCc2cccc(C(F)(F)F)c2)cc1. The summed E-state index contributed by atoms with van der Waals surface area (Å²) >= 11 is 1.63. The number of amides is 2. The third-order valence-electron chi connectivity index (χ3n) is 3.32. The molecule has 0 saturated carbocycles. The predicted molar refractivity (Wildman–Crippen MR) is 88.7 cm³/mol. The van der Waals surface area contributed by atoms with Gasteiger partial charge in [-0.1, -0.05) is 24.3 Å². The molecule has 0 spiro atoms. The van der Waals surface area contributed by atoms with Crippen LogP contribution < -0.4 is 10.6 Å². The van der Waals surface area contributed by atoms with Gasteiger partial charge in [0.05, 0.1) is 5.56 Å². The van der Waals surface area contributed by atoms with E-state index in [1.54, 1.807) is 11.8 Å². The van der Waals surface area contributed by atoms with Gasteiger partial charge in [0.2, 0.25) is 0 Å². The van der Waals surface area contributed by atoms with E-state index in [0.717, 1.165) is 22.6 Å². The van der Waals surface area contributed by atoms with Crippen LogP contribution in [-0.4, -0.2) is 12.3 Å². The van der Waals surface area contributed by atoms with Crippen LogP contribution in [0.3, 0.4) is 0 Å². The lowest BCUT2D eigenvalue weighted by molar-refractivity contribution is -0.137. The Morgan fingerprint density at radius 1 is 1.00 bits per heavy atom. The molecule has 0 aliphatic carbocycles. The van der Waals surface area contributed by atoms with E-state index in [4.69, 9.17) is 0 Å². The van der Waals surface area contributed by atoms with Crippen LogP contribution in [0.5, 0.6) is 0 Å². The molecular formula is C17H17F3N2OS. The smallest absolute Gasteiger partial charge is 0.334 e. The maximum absolute atomic E-state index is 12.6. The molecule has 7 heteroatoms. The number of benzene rings is 2. The second-order valence-electron chi connectivity index (χ2n) is 5.08. The molecule has 3 nitrogen and oxygen atoms in total. The van der Waals surface area contributed by atoms with Crippen molar-refractivity contribution in [3.05, 3.63) is 65.2 Å². The molecule has 0 atom stereocenters. The van der Waals surface area contributed by atoms with Crippen LogP contribution in [0.4, 0.5) is 18.0 Å². The number of urea groups is 1. The van der Waals surface area contributed by atoms with Crippen molar-refractivity contribution in [1.29, 1.82) is 0 Å². The van der Waals surface area contributed by atoms with Gasteiger partial charge >= 0.3 is 12.2 Å². The molecule has 2 aromatic carbocycles. The van der Waals surface area contributed by atoms with E-state index in [1.165, 1.54) is 12.1 Å². The van der Waals surface area contributed by atoms with Gasteiger partial charge in [-0.15, -0.1) is 11.8 Å². The molecule has 0 fully saturated rings. The highest BCUT2D eigenvalue weighted by atomic mass is 32.2. The summed E-state index contributed by atoms with van der Waals surface area (Å²) in [6.07, 6.45) is -2.41. The van der Waals surface area contributed by atoms with E-state index < -0.39 is 17.8 Å². The minimum absolute atomic E-state index is 0.0289. The number of rotatable bonds is 5. The first-order chi connectivity index (χ1) is 11.4. The fraction of sp³-hybridized carbons (Fsp3) is 0.235. The van der Waals surface area contributed by atoms with E-state index in [2.05, 4.69) is 10.6 Å². The summed E-state index contributed by atoms with van der Waals surface area (Å²) in [5.74, 6) is 0. The van der Waals surface area contributed by atoms with Crippen molar-refractivity contribution < 1.29 is 18.0 Å². The predicted octanol–water partition coefficient (Wildman–Crippen LogP) is 4.43. The Hall–Kier alpha value is -2.15. The minimum Gasteiger partial charge on any atom is -0.334 e. The summed E-state index contributed by atoms with van der Waals surface area (Å²) in [5, 5.41) is 5.22. The van der Waals surface area contributed by atoms with E-state index in [0.29, 0.717) is 12.1 Å². The quantitative estimate of drug-likeness (QED) is 0.780. The fourth-order valence-electron chi connectivity index (χ4n) is 2.03. The summed E-state index contributed by atoms with van der Waals surface area (Å²) in [4.78, 5) is 12.9. The number of nitrogens with one attached hydrogen (secondary N) is 2. The second kappa shape index (κ2) is 8.10. The average Bonchev–Trinajstić information content (AvgIpc) is 2.58. The highest BCUT2D eigenvalue weighted by molar-refractivity contribution is 7.98. The second-order valence-corrected chi connectivity index (χ2v) is 5.96. The van der Waals surface area contributed by atoms with Crippen molar-refractivity contribution in [3.8, 4) is 0 Å². The van der Waals surface area contributed by atoms with Crippen molar-refractivity contribution in [3.63, 3.8) is 0 Å². The number of carbonyl (C=O) groups is 1. The molecule has 0 radical (unpaired) electrons. The molecule has 0 bridgehead atoms. The van der Waals surface area contributed by atoms with Crippen LogP contribution in [-0.2, 0) is 19.3 Å². The summed E-state index contributed by atoms with van der Waals surface area (Å²) in [6.45, 7) is 0.379. The number of hydrogen-bond acceptors (Lipinski definition) is 2. The maximum Gasteiger partial charge on any atom is 0.416 e. The number of thioether (sulfide) groups is 1. The van der Waals surface area contributed by atoms with E-state index in [-0.39, 0.29) is 6.54 Å². The molecule has 0 aliphatic rings. The number of halogens is 3. The zero-order valence-corrected chi connectivity index (χ0v) is 13.8. The lowest BCUT2D eigenvalue weighted by atomic mass is 10.1. The van der Waals surface area contributed by atoms with Crippen LogP contribution in [0.25, 0.3) is 0 Å². The lowest BCUT2D eigenvalue weighted by Gasteiger charge is -2.10. The number of carbonyl (C=O) groups excluding carboxylic acids is 1. The molecule has 2 N–H and O–H groups in total. The number of hydrogen-bond donors (Lipinski definition) is 2. The lowest BCUT2D eigenvalue weighted by Crippen LogP contribution is -2.34. The monoisotopic (exact) mass is 354 g/mol. The van der Waals surface area contributed by atoms with Crippen molar-refractivity contribution in [2.75, 3.05) is 6.26 Å². The van der Waals surface area contributed by atoms with Crippen molar-refractivity contribution in [1.82, 2.24) is 10.6 Å². The van der Waals surface area contributed by atoms with Gasteiger partial charge in [0, 0.05) is 18.0 Å². The molecule has 2 amide bonds. The summed E-state index contributed by atoms with van der Waals surface area (Å²) in [6, 6.07) is 12.2. The molecule has 0 aromatic heterocycles. The molecule has 24 heavy (non-hydrogen) atoms. The van der Waals surface area contributed by atoms with E-state index in [9.17, 15) is 18.0 Å². The zero-order chi connectivity index (χ0) is 17.6. The van der Waals surface area contributed by atoms with Gasteiger partial charge in [0.15, 0.2) is 0 Å². The summed E-state index contributed by atoms with van der Waals surface area (Å²) in [7, 11) is 0. The van der Waals surface area contributed by atoms with Crippen LogP contribution in [0, 0.1) is 0 Å². The molecule has 2 aromatic rings. The topological polar surface area (TPSA) is 41.1 Å². The molecule has 0 saturated heterocycles. The molecule has 128 valence electrons. The Bertz CT molecular complexity index is 687. The van der Waals surface area contributed by atoms with Crippen molar-refractivity contribution >= 4 is 17.8 Å². The fourth-order valence-corrected chi connectivity index (χ4v) is 2.44. The van der Waals surface area contributed by atoms with Crippen LogP contribution in [0.2, 0.25) is 0 Å². The Labute approximate surface area is 142 Å². The molecular weight excluding hydrogens is 337 g/mol. The standard InChI is InChI=1S/C17H17F3N2OS/c1-24-15-7-5-12(6-8-15)10-21-16(23)22-11-13-3-2-4-14(9-13)17(18,19)20/h2-9H,10-11H2,1H3,(H2,21,22,23). The largest absolute Gasteiger partial charge is 0.416 e. The van der Waals surface area contributed by atoms with Gasteiger partial charge < -0.3 is 10.6 Å². The van der Waals surface area contributed by atoms with Crippen LogP contribution >= 0.6 is 11.8 Å². The third kappa shape index (κ3) is 5.49. The number of alkyl halides is 3. The molecule has 0 heterocycles. The highest BCUT2D eigenvalue weighted by Crippen LogP contribution is 2.29. The first-order valence-corrected chi connectivity index (χ1v) is 8.42. The van der Waals surface area contributed by atoms with E-state index >= 15 is 0 Å². The first-order valence-electron chi connectivity index (χ1n) is 7.19. The van der Waals surface area contributed by atoms with E-state index in [1.807, 2.05) is 30.5 Å². The highest BCUT2D eigenvalue weighted by Gasteiger charge is 2.30. The average molecular weight is 354 g/mol. The third-order valence-corrected chi connectivity index (χ3v) is 4.06. The Kier molecular flexibility index (Phi) is 6.14. The van der Waals surface area contributed by atoms with Crippen LogP contribution in [0.15, 0.2) is 53.4 Å². The van der Waals surface area contributed by atoms with Gasteiger partial charge in [-0.05, 0) is 41.6 Å². The van der Waals surface area contributed by atoms with Crippen LogP contribution in [0.1, 0.15) is 16.7 Å². The maximum atomic E-state index is 12.6. The molecule has 2 rings (SSSR count). The zero-order valence-electron chi connectivity index (χ0n) is 13.0. The van der Waals surface area contributed by atoms with Gasteiger partial charge in [0.25, 0.3) is 0 Å². The molecule has 0 unspecified atom stereocenters. The van der Waals surface area contributed by atoms with Gasteiger partial charge in [0.1, 0.15) is 0 Å². The van der Waals surface area contributed by atoms with Crippen molar-refractivity contribution in [2.45, 2.75) is 24.2 Å². The Balaban J connectivity index is 1.82. The minimum atomic E-state index is -4.39. The summed E-state index contributed by atoms with van der Waals surface area (Å²) < 4.78 is 37.9. The van der Waals surface area contributed by atoms with Gasteiger partial charge in [-0.3, -0.25) is 0 Å².